The van der Waals surface area contributed by atoms with Gasteiger partial charge in [-0.25, -0.2) is 0 Å². The molecule has 2 fully saturated rings. The fraction of sp³-hybridized carbons (Fsp3) is 0.632. The van der Waals surface area contributed by atoms with Crippen molar-refractivity contribution in [2.75, 3.05) is 32.8 Å². The van der Waals surface area contributed by atoms with Gasteiger partial charge in [-0.3, -0.25) is 9.69 Å². The molecule has 1 saturated heterocycles. The van der Waals surface area contributed by atoms with Gasteiger partial charge >= 0.3 is 5.97 Å². The van der Waals surface area contributed by atoms with E-state index in [9.17, 15) is 9.90 Å². The second kappa shape index (κ2) is 7.45. The number of carboxylic acid groups (broad SMARTS) is 1. The van der Waals surface area contributed by atoms with Gasteiger partial charge in [-0.2, -0.15) is 0 Å². The van der Waals surface area contributed by atoms with E-state index in [1.165, 1.54) is 5.56 Å². The molecule has 2 aliphatic rings. The van der Waals surface area contributed by atoms with E-state index in [1.807, 2.05) is 12.1 Å². The molecule has 1 aliphatic heterocycles. The Bertz CT molecular complexity index is 514. The van der Waals surface area contributed by atoms with Crippen molar-refractivity contribution in [3.8, 4) is 0 Å². The van der Waals surface area contributed by atoms with E-state index in [4.69, 9.17) is 4.74 Å². The average Bonchev–Trinajstić information content (AvgIpc) is 2.62. The van der Waals surface area contributed by atoms with E-state index in [-0.39, 0.29) is 0 Å². The summed E-state index contributed by atoms with van der Waals surface area (Å²) in [6, 6.07) is 8.34. The molecular weight excluding hydrogens is 290 g/mol. The first-order chi connectivity index (χ1) is 11.2. The SMILES string of the molecule is O=C(O)C1(c2ccc(CCN3CCOCC3)cc2)CCCCC1. The molecule has 0 radical (unpaired) electrons. The lowest BCUT2D eigenvalue weighted by Gasteiger charge is -2.33. The Balaban J connectivity index is 1.64. The normalized spacial score (nSPS) is 21.9. The van der Waals surface area contributed by atoms with Gasteiger partial charge in [0.05, 0.1) is 18.6 Å². The minimum absolute atomic E-state index is 0.652. The molecule has 1 heterocycles. The van der Waals surface area contributed by atoms with E-state index >= 15 is 0 Å². The van der Waals surface area contributed by atoms with E-state index < -0.39 is 11.4 Å². The maximum atomic E-state index is 11.9. The molecule has 1 aromatic rings. The first-order valence-electron chi connectivity index (χ1n) is 8.84. The minimum Gasteiger partial charge on any atom is -0.481 e. The smallest absolute Gasteiger partial charge is 0.314 e. The lowest BCUT2D eigenvalue weighted by atomic mass is 9.69. The molecule has 0 atom stereocenters. The van der Waals surface area contributed by atoms with Crippen LogP contribution < -0.4 is 0 Å². The molecule has 1 saturated carbocycles. The molecule has 126 valence electrons. The zero-order valence-corrected chi connectivity index (χ0v) is 13.8. The Labute approximate surface area is 138 Å². The summed E-state index contributed by atoms with van der Waals surface area (Å²) in [7, 11) is 0. The Morgan fingerprint density at radius 3 is 2.35 bits per heavy atom. The Morgan fingerprint density at radius 1 is 1.09 bits per heavy atom. The molecule has 1 aliphatic carbocycles. The molecule has 0 amide bonds. The average molecular weight is 317 g/mol. The zero-order valence-electron chi connectivity index (χ0n) is 13.8. The monoisotopic (exact) mass is 317 g/mol. The van der Waals surface area contributed by atoms with E-state index in [2.05, 4.69) is 17.0 Å². The highest BCUT2D eigenvalue weighted by Crippen LogP contribution is 2.39. The summed E-state index contributed by atoms with van der Waals surface area (Å²) in [6.45, 7) is 4.74. The van der Waals surface area contributed by atoms with Crippen molar-refractivity contribution < 1.29 is 14.6 Å². The molecule has 4 heteroatoms. The second-order valence-corrected chi connectivity index (χ2v) is 6.85. The van der Waals surface area contributed by atoms with Gasteiger partial charge in [0.15, 0.2) is 0 Å². The Morgan fingerprint density at radius 2 is 1.74 bits per heavy atom. The number of hydrogen-bond donors (Lipinski definition) is 1. The molecule has 0 aromatic heterocycles. The molecule has 1 N–H and O–H groups in total. The van der Waals surface area contributed by atoms with Gasteiger partial charge in [-0.05, 0) is 30.4 Å². The van der Waals surface area contributed by atoms with Crippen LogP contribution in [0.4, 0.5) is 0 Å². The predicted octanol–water partition coefficient (Wildman–Crippen LogP) is 2.85. The summed E-state index contributed by atoms with van der Waals surface area (Å²) in [5, 5.41) is 9.77. The molecule has 1 aromatic carbocycles. The third-order valence-electron chi connectivity index (χ3n) is 5.44. The van der Waals surface area contributed by atoms with Crippen LogP contribution in [-0.4, -0.2) is 48.8 Å². The van der Waals surface area contributed by atoms with Crippen LogP contribution in [0, 0.1) is 0 Å². The van der Waals surface area contributed by atoms with Crippen LogP contribution in [0.25, 0.3) is 0 Å². The van der Waals surface area contributed by atoms with Gasteiger partial charge in [0.2, 0.25) is 0 Å². The number of morpholine rings is 1. The largest absolute Gasteiger partial charge is 0.481 e. The van der Waals surface area contributed by atoms with Crippen molar-refractivity contribution in [1.82, 2.24) is 4.90 Å². The maximum Gasteiger partial charge on any atom is 0.314 e. The van der Waals surface area contributed by atoms with Crippen LogP contribution in [-0.2, 0) is 21.4 Å². The zero-order chi connectivity index (χ0) is 16.1. The van der Waals surface area contributed by atoms with Crippen molar-refractivity contribution in [3.63, 3.8) is 0 Å². The third kappa shape index (κ3) is 3.75. The van der Waals surface area contributed by atoms with Crippen molar-refractivity contribution in [1.29, 1.82) is 0 Å². The number of carbonyl (C=O) groups is 1. The Kier molecular flexibility index (Phi) is 5.34. The minimum atomic E-state index is -0.654. The van der Waals surface area contributed by atoms with Crippen LogP contribution in [0.2, 0.25) is 0 Å². The van der Waals surface area contributed by atoms with Crippen LogP contribution in [0.5, 0.6) is 0 Å². The highest BCUT2D eigenvalue weighted by molar-refractivity contribution is 5.81. The predicted molar refractivity (Wildman–Crippen MR) is 89.8 cm³/mol. The number of rotatable bonds is 5. The lowest BCUT2D eigenvalue weighted by Crippen LogP contribution is -2.38. The summed E-state index contributed by atoms with van der Waals surface area (Å²) < 4.78 is 5.37. The quantitative estimate of drug-likeness (QED) is 0.907. The molecule has 4 nitrogen and oxygen atoms in total. The Hall–Kier alpha value is -1.39. The van der Waals surface area contributed by atoms with Crippen molar-refractivity contribution >= 4 is 5.97 Å². The number of nitrogens with zero attached hydrogens (tertiary/aromatic N) is 1. The summed E-state index contributed by atoms with van der Waals surface area (Å²) >= 11 is 0. The molecular formula is C19H27NO3. The molecule has 23 heavy (non-hydrogen) atoms. The van der Waals surface area contributed by atoms with Crippen molar-refractivity contribution in [2.24, 2.45) is 0 Å². The maximum absolute atomic E-state index is 11.9. The summed E-state index contributed by atoms with van der Waals surface area (Å²) in [5.41, 5.74) is 1.62. The van der Waals surface area contributed by atoms with Crippen molar-refractivity contribution in [3.05, 3.63) is 35.4 Å². The van der Waals surface area contributed by atoms with Gasteiger partial charge in [0, 0.05) is 19.6 Å². The summed E-state index contributed by atoms with van der Waals surface area (Å²) in [5.74, 6) is -0.654. The van der Waals surface area contributed by atoms with E-state index in [0.717, 1.165) is 76.9 Å². The van der Waals surface area contributed by atoms with E-state index in [1.54, 1.807) is 0 Å². The number of benzene rings is 1. The number of ether oxygens (including phenoxy) is 1. The summed E-state index contributed by atoms with van der Waals surface area (Å²) in [4.78, 5) is 14.3. The van der Waals surface area contributed by atoms with Gasteiger partial charge < -0.3 is 9.84 Å². The number of hydrogen-bond acceptors (Lipinski definition) is 3. The van der Waals surface area contributed by atoms with Crippen LogP contribution in [0.1, 0.15) is 43.2 Å². The van der Waals surface area contributed by atoms with Gasteiger partial charge in [-0.15, -0.1) is 0 Å². The molecule has 0 unspecified atom stereocenters. The first kappa shape index (κ1) is 16.5. The standard InChI is InChI=1S/C19H27NO3/c21-18(22)19(9-2-1-3-10-19)17-6-4-16(5-7-17)8-11-20-12-14-23-15-13-20/h4-7H,1-3,8-15H2,(H,21,22). The lowest BCUT2D eigenvalue weighted by molar-refractivity contribution is -0.145. The van der Waals surface area contributed by atoms with Crippen LogP contribution >= 0.6 is 0 Å². The number of carboxylic acids is 1. The molecule has 0 spiro atoms. The third-order valence-corrected chi connectivity index (χ3v) is 5.44. The van der Waals surface area contributed by atoms with Gasteiger partial charge in [0.1, 0.15) is 0 Å². The second-order valence-electron chi connectivity index (χ2n) is 6.85. The highest BCUT2D eigenvalue weighted by atomic mass is 16.5. The topological polar surface area (TPSA) is 49.8 Å². The number of aliphatic carboxylic acids is 1. The van der Waals surface area contributed by atoms with Crippen LogP contribution in [0.3, 0.4) is 0 Å². The van der Waals surface area contributed by atoms with E-state index in [0.29, 0.717) is 0 Å². The van der Waals surface area contributed by atoms with Crippen LogP contribution in [0.15, 0.2) is 24.3 Å². The fourth-order valence-corrected chi connectivity index (χ4v) is 3.88. The fourth-order valence-electron chi connectivity index (χ4n) is 3.88. The molecule has 3 rings (SSSR count). The molecule has 0 bridgehead atoms. The first-order valence-corrected chi connectivity index (χ1v) is 8.84. The highest BCUT2D eigenvalue weighted by Gasteiger charge is 2.41. The van der Waals surface area contributed by atoms with Gasteiger partial charge in [0.25, 0.3) is 0 Å². The summed E-state index contributed by atoms with van der Waals surface area (Å²) in [6.07, 6.45) is 5.76. The van der Waals surface area contributed by atoms with Gasteiger partial charge in [-0.1, -0.05) is 43.5 Å². The van der Waals surface area contributed by atoms with Crippen molar-refractivity contribution in [2.45, 2.75) is 43.9 Å².